The number of halogens is 4. The van der Waals surface area contributed by atoms with E-state index in [1.165, 1.54) is 36.5 Å². The molecule has 1 heterocycles. The number of nitrogens with zero attached hydrogens (tertiary/aromatic N) is 1. The van der Waals surface area contributed by atoms with Gasteiger partial charge in [0.05, 0.1) is 16.9 Å². The number of aromatic nitrogens is 2. The summed E-state index contributed by atoms with van der Waals surface area (Å²) in [6.07, 6.45) is -3.57. The number of hydrogen-bond acceptors (Lipinski definition) is 3. The van der Waals surface area contributed by atoms with Crippen molar-refractivity contribution in [3.8, 4) is 17.0 Å². The van der Waals surface area contributed by atoms with Gasteiger partial charge in [-0.1, -0.05) is 12.1 Å². The molecule has 2 N–H and O–H groups in total. The molecule has 0 amide bonds. The molecule has 0 radical (unpaired) electrons. The highest BCUT2D eigenvalue weighted by Gasteiger charge is 2.30. The lowest BCUT2D eigenvalue weighted by Crippen LogP contribution is -2.16. The molecule has 3 aromatic rings. The Bertz CT molecular complexity index is 988. The lowest BCUT2D eigenvalue weighted by Gasteiger charge is -2.08. The fraction of sp³-hybridized carbons (Fsp3) is 0.0588. The largest absolute Gasteiger partial charge is 0.573 e. The van der Waals surface area contributed by atoms with E-state index >= 15 is 0 Å². The Morgan fingerprint density at radius 3 is 2.35 bits per heavy atom. The number of aromatic amines is 2. The van der Waals surface area contributed by atoms with Crippen LogP contribution >= 0.6 is 0 Å². The van der Waals surface area contributed by atoms with Crippen LogP contribution in [0.15, 0.2) is 58.3 Å². The van der Waals surface area contributed by atoms with Crippen LogP contribution in [-0.2, 0) is 0 Å². The third-order valence-corrected chi connectivity index (χ3v) is 3.37. The van der Waals surface area contributed by atoms with Crippen LogP contribution in [0.5, 0.6) is 5.75 Å². The molecule has 0 aliphatic rings. The van der Waals surface area contributed by atoms with Gasteiger partial charge >= 0.3 is 6.36 Å². The van der Waals surface area contributed by atoms with Gasteiger partial charge in [-0.05, 0) is 36.4 Å². The normalized spacial score (nSPS) is 11.8. The van der Waals surface area contributed by atoms with Crippen LogP contribution in [0.3, 0.4) is 0 Å². The molecular formula is C17H11F4N3O2. The topological polar surface area (TPSA) is 70.2 Å². The van der Waals surface area contributed by atoms with Crippen LogP contribution < -0.4 is 10.3 Å². The van der Waals surface area contributed by atoms with Crippen LogP contribution in [0.25, 0.3) is 11.3 Å². The molecule has 0 atom stereocenters. The van der Waals surface area contributed by atoms with Crippen molar-refractivity contribution in [1.29, 1.82) is 0 Å². The van der Waals surface area contributed by atoms with Gasteiger partial charge in [-0.15, -0.1) is 13.2 Å². The number of nitrogens with one attached hydrogen (secondary N) is 2. The van der Waals surface area contributed by atoms with Gasteiger partial charge in [-0.25, -0.2) is 4.39 Å². The van der Waals surface area contributed by atoms with E-state index < -0.39 is 17.7 Å². The van der Waals surface area contributed by atoms with E-state index in [0.29, 0.717) is 5.69 Å². The average Bonchev–Trinajstić information content (AvgIpc) is 2.94. The van der Waals surface area contributed by atoms with Gasteiger partial charge in [0.2, 0.25) is 0 Å². The number of ether oxygens (including phenoxy) is 1. The predicted molar refractivity (Wildman–Crippen MR) is 87.2 cm³/mol. The van der Waals surface area contributed by atoms with E-state index in [2.05, 4.69) is 19.9 Å². The molecule has 0 unspecified atom stereocenters. The summed E-state index contributed by atoms with van der Waals surface area (Å²) in [5, 5.41) is 4.94. The summed E-state index contributed by atoms with van der Waals surface area (Å²) in [4.78, 5) is 15.9. The molecule has 0 saturated heterocycles. The maximum atomic E-state index is 13.9. The molecule has 0 saturated carbocycles. The Morgan fingerprint density at radius 1 is 1.00 bits per heavy atom. The second-order valence-electron chi connectivity index (χ2n) is 5.15. The zero-order chi connectivity index (χ0) is 18.7. The Balaban J connectivity index is 1.87. The van der Waals surface area contributed by atoms with Gasteiger partial charge in [0, 0.05) is 11.8 Å². The van der Waals surface area contributed by atoms with Gasteiger partial charge in [-0.3, -0.25) is 20.0 Å². The first-order chi connectivity index (χ1) is 12.3. The Kier molecular flexibility index (Phi) is 4.61. The summed E-state index contributed by atoms with van der Waals surface area (Å²) in [7, 11) is 0. The Morgan fingerprint density at radius 2 is 1.69 bits per heavy atom. The van der Waals surface area contributed by atoms with Crippen molar-refractivity contribution in [2.24, 2.45) is 4.99 Å². The Hall–Kier alpha value is -3.36. The maximum absolute atomic E-state index is 13.9. The summed E-state index contributed by atoms with van der Waals surface area (Å²) in [5.74, 6) is -0.908. The molecule has 2 aromatic carbocycles. The second-order valence-corrected chi connectivity index (χ2v) is 5.15. The predicted octanol–water partition coefficient (Wildman–Crippen LogP) is 4.16. The first-order valence-corrected chi connectivity index (χ1v) is 7.29. The molecule has 0 aliphatic carbocycles. The smallest absolute Gasteiger partial charge is 0.406 e. The summed E-state index contributed by atoms with van der Waals surface area (Å²) in [6, 6.07) is 10.7. The molecular weight excluding hydrogens is 354 g/mol. The van der Waals surface area contributed by atoms with Crippen molar-refractivity contribution in [3.05, 3.63) is 70.3 Å². The van der Waals surface area contributed by atoms with Crippen LogP contribution in [0.4, 0.5) is 23.2 Å². The zero-order valence-electron chi connectivity index (χ0n) is 13.0. The first kappa shape index (κ1) is 17.5. The molecule has 1 aromatic heterocycles. The monoisotopic (exact) mass is 365 g/mol. The van der Waals surface area contributed by atoms with Gasteiger partial charge < -0.3 is 4.74 Å². The summed E-state index contributed by atoms with van der Waals surface area (Å²) in [6.45, 7) is 0. The van der Waals surface area contributed by atoms with Crippen LogP contribution in [0.1, 0.15) is 5.56 Å². The number of hydrogen-bond donors (Lipinski definition) is 2. The standard InChI is InChI=1S/C17H11F4N3O2/c18-14-4-2-1-3-12(14)15-13(16(25)24-23-15)9-22-10-5-7-11(8-6-10)26-17(19,20)21/h1-9H,(H2,23,24,25). The van der Waals surface area contributed by atoms with Crippen molar-refractivity contribution in [3.63, 3.8) is 0 Å². The summed E-state index contributed by atoms with van der Waals surface area (Å²) < 4.78 is 54.1. The van der Waals surface area contributed by atoms with Crippen LogP contribution in [0, 0.1) is 5.82 Å². The molecule has 0 aliphatic heterocycles. The van der Waals surface area contributed by atoms with E-state index in [1.807, 2.05) is 0 Å². The molecule has 26 heavy (non-hydrogen) atoms. The third kappa shape index (κ3) is 4.00. The van der Waals surface area contributed by atoms with E-state index in [-0.39, 0.29) is 22.6 Å². The van der Waals surface area contributed by atoms with E-state index in [9.17, 15) is 22.4 Å². The molecule has 5 nitrogen and oxygen atoms in total. The van der Waals surface area contributed by atoms with Crippen LogP contribution in [0.2, 0.25) is 0 Å². The van der Waals surface area contributed by atoms with Crippen molar-refractivity contribution >= 4 is 11.9 Å². The molecule has 0 bridgehead atoms. The quantitative estimate of drug-likeness (QED) is 0.538. The number of aliphatic imine (C=N–C) groups is 1. The summed E-state index contributed by atoms with van der Waals surface area (Å²) in [5.41, 5.74) is 0.268. The van der Waals surface area contributed by atoms with Crippen molar-refractivity contribution in [2.45, 2.75) is 6.36 Å². The Labute approximate surface area is 144 Å². The first-order valence-electron chi connectivity index (χ1n) is 7.29. The maximum Gasteiger partial charge on any atom is 0.573 e. The highest BCUT2D eigenvalue weighted by Crippen LogP contribution is 2.25. The molecule has 3 rings (SSSR count). The zero-order valence-corrected chi connectivity index (χ0v) is 13.0. The molecule has 134 valence electrons. The van der Waals surface area contributed by atoms with E-state index in [0.717, 1.165) is 12.1 Å². The number of H-pyrrole nitrogens is 2. The van der Waals surface area contributed by atoms with Crippen molar-refractivity contribution in [2.75, 3.05) is 0 Å². The molecule has 0 spiro atoms. The van der Waals surface area contributed by atoms with Crippen molar-refractivity contribution in [1.82, 2.24) is 10.2 Å². The minimum atomic E-state index is -4.78. The van der Waals surface area contributed by atoms with Crippen LogP contribution in [-0.4, -0.2) is 22.8 Å². The lowest BCUT2D eigenvalue weighted by atomic mass is 10.1. The van der Waals surface area contributed by atoms with Gasteiger partial charge in [0.25, 0.3) is 5.56 Å². The van der Waals surface area contributed by atoms with Gasteiger partial charge in [0.1, 0.15) is 11.6 Å². The van der Waals surface area contributed by atoms with Gasteiger partial charge in [-0.2, -0.15) is 0 Å². The SMILES string of the molecule is O=c1[nH][nH]c(-c2ccccc2F)c1C=Nc1ccc(OC(F)(F)F)cc1. The minimum absolute atomic E-state index is 0.0886. The van der Waals surface area contributed by atoms with Gasteiger partial charge in [0.15, 0.2) is 0 Å². The fourth-order valence-electron chi connectivity index (χ4n) is 2.24. The van der Waals surface area contributed by atoms with E-state index in [1.54, 1.807) is 6.07 Å². The number of alkyl halides is 3. The molecule has 0 fully saturated rings. The van der Waals surface area contributed by atoms with E-state index in [4.69, 9.17) is 0 Å². The highest BCUT2D eigenvalue weighted by atomic mass is 19.4. The average molecular weight is 365 g/mol. The third-order valence-electron chi connectivity index (χ3n) is 3.37. The van der Waals surface area contributed by atoms with Crippen molar-refractivity contribution < 1.29 is 22.3 Å². The highest BCUT2D eigenvalue weighted by molar-refractivity contribution is 5.89. The second kappa shape index (κ2) is 6.87. The fourth-order valence-corrected chi connectivity index (χ4v) is 2.24. The minimum Gasteiger partial charge on any atom is -0.406 e. The molecule has 9 heteroatoms. The lowest BCUT2D eigenvalue weighted by molar-refractivity contribution is -0.274. The summed E-state index contributed by atoms with van der Waals surface area (Å²) >= 11 is 0. The number of rotatable bonds is 4. The number of benzene rings is 2.